The van der Waals surface area contributed by atoms with Gasteiger partial charge in [0.15, 0.2) is 5.82 Å². The highest BCUT2D eigenvalue weighted by Crippen LogP contribution is 2.40. The molecule has 0 aromatic carbocycles. The smallest absolute Gasteiger partial charge is 0.163 e. The fraction of sp³-hybridized carbons (Fsp3) is 0.500. The first-order chi connectivity index (χ1) is 10.2. The summed E-state index contributed by atoms with van der Waals surface area (Å²) in [7, 11) is 3.60. The second-order valence-corrected chi connectivity index (χ2v) is 5.41. The number of anilines is 1. The van der Waals surface area contributed by atoms with E-state index in [9.17, 15) is 0 Å². The Labute approximate surface area is 123 Å². The van der Waals surface area contributed by atoms with Gasteiger partial charge in [-0.25, -0.2) is 15.8 Å². The zero-order valence-electron chi connectivity index (χ0n) is 12.3. The number of nitrogens with one attached hydrogen (secondary N) is 1. The van der Waals surface area contributed by atoms with Crippen LogP contribution < -0.4 is 11.3 Å². The number of nitrogens with zero attached hydrogens (tertiary/aromatic N) is 4. The molecule has 0 spiro atoms. The number of ether oxygens (including phenoxy) is 1. The molecule has 1 aliphatic carbocycles. The van der Waals surface area contributed by atoms with Crippen molar-refractivity contribution in [1.29, 1.82) is 0 Å². The first kappa shape index (κ1) is 14.0. The van der Waals surface area contributed by atoms with E-state index in [0.717, 1.165) is 36.9 Å². The Morgan fingerprint density at radius 3 is 2.67 bits per heavy atom. The third-order valence-corrected chi connectivity index (χ3v) is 4.08. The van der Waals surface area contributed by atoms with Crippen LogP contribution in [0.3, 0.4) is 0 Å². The number of hydrogen-bond acceptors (Lipinski definition) is 6. The number of hydrogen-bond donors (Lipinski definition) is 2. The highest BCUT2D eigenvalue weighted by Gasteiger charge is 2.39. The molecule has 3 rings (SSSR count). The van der Waals surface area contributed by atoms with E-state index in [1.165, 1.54) is 0 Å². The lowest BCUT2D eigenvalue weighted by molar-refractivity contribution is -0.0161. The molecule has 0 atom stereocenters. The molecule has 112 valence electrons. The van der Waals surface area contributed by atoms with Gasteiger partial charge in [0, 0.05) is 32.0 Å². The van der Waals surface area contributed by atoms with Crippen molar-refractivity contribution in [2.24, 2.45) is 12.9 Å². The van der Waals surface area contributed by atoms with Crippen molar-refractivity contribution in [3.63, 3.8) is 0 Å². The number of aromatic nitrogens is 4. The summed E-state index contributed by atoms with van der Waals surface area (Å²) in [5.41, 5.74) is 3.94. The minimum absolute atomic E-state index is 0.399. The summed E-state index contributed by atoms with van der Waals surface area (Å²) in [4.78, 5) is 9.21. The Bertz CT molecular complexity index is 632. The second kappa shape index (κ2) is 5.42. The van der Waals surface area contributed by atoms with Crippen molar-refractivity contribution in [2.75, 3.05) is 12.5 Å². The molecule has 0 saturated heterocycles. The van der Waals surface area contributed by atoms with Gasteiger partial charge in [-0.2, -0.15) is 5.10 Å². The summed E-state index contributed by atoms with van der Waals surface area (Å²) < 4.78 is 7.51. The van der Waals surface area contributed by atoms with Gasteiger partial charge in [0.1, 0.15) is 11.4 Å². The zero-order valence-corrected chi connectivity index (χ0v) is 12.3. The molecule has 0 radical (unpaired) electrons. The van der Waals surface area contributed by atoms with E-state index in [-0.39, 0.29) is 0 Å². The van der Waals surface area contributed by atoms with Gasteiger partial charge in [0.05, 0.1) is 11.9 Å². The maximum absolute atomic E-state index is 5.77. The van der Waals surface area contributed by atoms with E-state index < -0.39 is 5.60 Å². The molecule has 1 saturated carbocycles. The summed E-state index contributed by atoms with van der Waals surface area (Å²) >= 11 is 0. The van der Waals surface area contributed by atoms with Crippen molar-refractivity contribution >= 4 is 5.82 Å². The van der Waals surface area contributed by atoms with Crippen molar-refractivity contribution in [1.82, 2.24) is 19.7 Å². The largest absolute Gasteiger partial charge is 0.370 e. The van der Waals surface area contributed by atoms with Gasteiger partial charge in [-0.15, -0.1) is 0 Å². The molecule has 2 aromatic heterocycles. The minimum Gasteiger partial charge on any atom is -0.370 e. The molecule has 2 aromatic rings. The molecule has 21 heavy (non-hydrogen) atoms. The number of methoxy groups -OCH3 is 1. The number of rotatable bonds is 4. The highest BCUT2D eigenvalue weighted by molar-refractivity contribution is 5.61. The Morgan fingerprint density at radius 2 is 2.10 bits per heavy atom. The van der Waals surface area contributed by atoms with Gasteiger partial charge in [0.2, 0.25) is 0 Å². The molecule has 0 bridgehead atoms. The third-order valence-electron chi connectivity index (χ3n) is 4.08. The lowest BCUT2D eigenvalue weighted by Crippen LogP contribution is -2.28. The summed E-state index contributed by atoms with van der Waals surface area (Å²) in [5.74, 6) is 6.83. The summed E-state index contributed by atoms with van der Waals surface area (Å²) in [6.45, 7) is 0. The average molecular weight is 288 g/mol. The SMILES string of the molecule is COC1(c2nc(NN)cc(-c3cnn(C)c3)n2)CCCC1. The lowest BCUT2D eigenvalue weighted by atomic mass is 10.0. The minimum atomic E-state index is -0.399. The molecule has 0 amide bonds. The zero-order chi connectivity index (χ0) is 14.9. The van der Waals surface area contributed by atoms with Gasteiger partial charge in [-0.05, 0) is 25.7 Å². The summed E-state index contributed by atoms with van der Waals surface area (Å²) in [6, 6.07) is 1.82. The molecule has 3 N–H and O–H groups in total. The fourth-order valence-corrected chi connectivity index (χ4v) is 2.89. The van der Waals surface area contributed by atoms with Gasteiger partial charge >= 0.3 is 0 Å². The number of nitrogen functional groups attached to an aromatic ring is 1. The van der Waals surface area contributed by atoms with Gasteiger partial charge in [-0.3, -0.25) is 4.68 Å². The van der Waals surface area contributed by atoms with Crippen LogP contribution in [0.5, 0.6) is 0 Å². The number of aryl methyl sites for hydroxylation is 1. The molecular weight excluding hydrogens is 268 g/mol. The van der Waals surface area contributed by atoms with Gasteiger partial charge in [0.25, 0.3) is 0 Å². The predicted octanol–water partition coefficient (Wildman–Crippen LogP) is 1.58. The fourth-order valence-electron chi connectivity index (χ4n) is 2.89. The van der Waals surface area contributed by atoms with E-state index in [1.807, 2.05) is 19.3 Å². The molecular formula is C14H20N6O. The highest BCUT2D eigenvalue weighted by atomic mass is 16.5. The van der Waals surface area contributed by atoms with Gasteiger partial charge in [-0.1, -0.05) is 0 Å². The normalized spacial score (nSPS) is 17.1. The average Bonchev–Trinajstić information content (AvgIpc) is 3.16. The van der Waals surface area contributed by atoms with Crippen LogP contribution in [0.4, 0.5) is 5.82 Å². The van der Waals surface area contributed by atoms with Crippen molar-refractivity contribution in [2.45, 2.75) is 31.3 Å². The van der Waals surface area contributed by atoms with E-state index in [0.29, 0.717) is 11.6 Å². The monoisotopic (exact) mass is 288 g/mol. The Hall–Kier alpha value is -1.99. The standard InChI is InChI=1S/C14H20N6O/c1-20-9-10(8-16-20)11-7-12(19-15)18-13(17-11)14(21-2)5-3-4-6-14/h7-9H,3-6,15H2,1-2H3,(H,17,18,19). The number of nitrogens with two attached hydrogens (primary N) is 1. The van der Waals surface area contributed by atoms with Crippen LogP contribution in [-0.4, -0.2) is 26.9 Å². The van der Waals surface area contributed by atoms with Crippen LogP contribution in [0.15, 0.2) is 18.5 Å². The van der Waals surface area contributed by atoms with E-state index in [1.54, 1.807) is 18.0 Å². The van der Waals surface area contributed by atoms with E-state index >= 15 is 0 Å². The molecule has 1 fully saturated rings. The van der Waals surface area contributed by atoms with Crippen LogP contribution >= 0.6 is 0 Å². The Balaban J connectivity index is 2.08. The van der Waals surface area contributed by atoms with Crippen LogP contribution in [-0.2, 0) is 17.4 Å². The molecule has 0 unspecified atom stereocenters. The first-order valence-corrected chi connectivity index (χ1v) is 7.07. The van der Waals surface area contributed by atoms with Crippen LogP contribution in [0, 0.1) is 0 Å². The van der Waals surface area contributed by atoms with Crippen LogP contribution in [0.25, 0.3) is 11.3 Å². The van der Waals surface area contributed by atoms with E-state index in [2.05, 4.69) is 15.5 Å². The van der Waals surface area contributed by atoms with Gasteiger partial charge < -0.3 is 10.2 Å². The maximum Gasteiger partial charge on any atom is 0.163 e. The quantitative estimate of drug-likeness (QED) is 0.655. The molecule has 1 aliphatic rings. The second-order valence-electron chi connectivity index (χ2n) is 5.41. The molecule has 7 nitrogen and oxygen atoms in total. The molecule has 0 aliphatic heterocycles. The van der Waals surface area contributed by atoms with Crippen molar-refractivity contribution in [3.05, 3.63) is 24.3 Å². The molecule has 7 heteroatoms. The topological polar surface area (TPSA) is 90.9 Å². The van der Waals surface area contributed by atoms with E-state index in [4.69, 9.17) is 15.6 Å². The Kier molecular flexibility index (Phi) is 3.60. The lowest BCUT2D eigenvalue weighted by Gasteiger charge is -2.26. The summed E-state index contributed by atoms with van der Waals surface area (Å²) in [5, 5.41) is 4.19. The Morgan fingerprint density at radius 1 is 1.33 bits per heavy atom. The summed E-state index contributed by atoms with van der Waals surface area (Å²) in [6.07, 6.45) is 7.81. The van der Waals surface area contributed by atoms with Crippen LogP contribution in [0.2, 0.25) is 0 Å². The molecule has 2 heterocycles. The van der Waals surface area contributed by atoms with Crippen molar-refractivity contribution < 1.29 is 4.74 Å². The number of hydrazine groups is 1. The maximum atomic E-state index is 5.77. The predicted molar refractivity (Wildman–Crippen MR) is 79.2 cm³/mol. The third kappa shape index (κ3) is 2.50. The van der Waals surface area contributed by atoms with Crippen LogP contribution in [0.1, 0.15) is 31.5 Å². The first-order valence-electron chi connectivity index (χ1n) is 7.07. The van der Waals surface area contributed by atoms with Crippen molar-refractivity contribution in [3.8, 4) is 11.3 Å².